The van der Waals surface area contributed by atoms with Gasteiger partial charge in [0.05, 0.1) is 54.5 Å². The van der Waals surface area contributed by atoms with Crippen molar-refractivity contribution < 1.29 is 42.9 Å². The first-order valence-corrected chi connectivity index (χ1v) is 29.0. The maximum atomic E-state index is 15.0. The number of anilines is 1. The van der Waals surface area contributed by atoms with Crippen molar-refractivity contribution in [3.8, 4) is 28.1 Å². The number of nitrogens with zero attached hydrogens (tertiary/aromatic N) is 7. The highest BCUT2D eigenvalue weighted by atomic mass is 16.6. The Hall–Kier alpha value is -6.24. The van der Waals surface area contributed by atoms with Crippen LogP contribution in [0.1, 0.15) is 110 Å². The number of methoxy groups -OCH3 is 1. The van der Waals surface area contributed by atoms with Gasteiger partial charge >= 0.3 is 12.1 Å². The molecule has 4 fully saturated rings. The lowest BCUT2D eigenvalue weighted by Crippen LogP contribution is -2.62. The van der Waals surface area contributed by atoms with Crippen molar-refractivity contribution in [1.29, 1.82) is 0 Å². The van der Waals surface area contributed by atoms with Gasteiger partial charge in [-0.25, -0.2) is 10.2 Å². The van der Waals surface area contributed by atoms with Crippen LogP contribution in [0.5, 0.6) is 5.75 Å². The van der Waals surface area contributed by atoms with E-state index in [0.29, 0.717) is 56.1 Å². The number of hydrogen-bond donors (Lipinski definition) is 2. The predicted octanol–water partition coefficient (Wildman–Crippen LogP) is 7.39. The number of hydrazine groups is 1. The molecule has 79 heavy (non-hydrogen) atoms. The molecular formula is C61H83N9O9. The van der Waals surface area contributed by atoms with Crippen LogP contribution in [-0.4, -0.2) is 162 Å². The third kappa shape index (κ3) is 11.7. The lowest BCUT2D eigenvalue weighted by Gasteiger charge is -2.37. The van der Waals surface area contributed by atoms with Gasteiger partial charge in [0.25, 0.3) is 5.91 Å². The number of hydrogen-bond acceptors (Lipinski definition) is 13. The number of likely N-dealkylation sites (tertiary alicyclic amines) is 1. The van der Waals surface area contributed by atoms with Crippen LogP contribution in [0.15, 0.2) is 48.7 Å². The quantitative estimate of drug-likeness (QED) is 0.159. The summed E-state index contributed by atoms with van der Waals surface area (Å²) in [7, 11) is 3.34. The summed E-state index contributed by atoms with van der Waals surface area (Å²) in [6.07, 6.45) is 5.66. The van der Waals surface area contributed by atoms with E-state index in [1.165, 1.54) is 22.8 Å². The molecule has 5 aliphatic heterocycles. The average molecular weight is 1090 g/mol. The van der Waals surface area contributed by atoms with Gasteiger partial charge < -0.3 is 43.5 Å². The molecule has 10 rings (SSSR count). The van der Waals surface area contributed by atoms with E-state index in [9.17, 15) is 19.2 Å². The monoisotopic (exact) mass is 1090 g/mol. The maximum absolute atomic E-state index is 15.0. The lowest BCUT2D eigenvalue weighted by atomic mass is 9.84. The number of pyridine rings is 1. The summed E-state index contributed by atoms with van der Waals surface area (Å²) < 4.78 is 27.3. The van der Waals surface area contributed by atoms with Crippen molar-refractivity contribution >= 4 is 46.4 Å². The Morgan fingerprint density at radius 2 is 1.65 bits per heavy atom. The van der Waals surface area contributed by atoms with Crippen LogP contribution in [0.25, 0.3) is 33.3 Å². The summed E-state index contributed by atoms with van der Waals surface area (Å²) >= 11 is 0. The fourth-order valence-corrected chi connectivity index (χ4v) is 12.8. The number of piperazine rings is 1. The highest BCUT2D eigenvalue weighted by Crippen LogP contribution is 2.44. The van der Waals surface area contributed by atoms with Crippen molar-refractivity contribution in [2.45, 2.75) is 143 Å². The third-order valence-corrected chi connectivity index (χ3v) is 17.2. The van der Waals surface area contributed by atoms with E-state index in [0.717, 1.165) is 76.4 Å². The van der Waals surface area contributed by atoms with E-state index < -0.39 is 59.4 Å². The van der Waals surface area contributed by atoms with Gasteiger partial charge in [0, 0.05) is 94.3 Å². The summed E-state index contributed by atoms with van der Waals surface area (Å²) in [5, 5.41) is 5.58. The van der Waals surface area contributed by atoms with Crippen molar-refractivity contribution in [3.05, 3.63) is 65.5 Å². The summed E-state index contributed by atoms with van der Waals surface area (Å²) in [5.74, 6) is -2.14. The molecule has 0 unspecified atom stereocenters. The zero-order chi connectivity index (χ0) is 56.0. The zero-order valence-electron chi connectivity index (χ0n) is 48.1. The first kappa shape index (κ1) is 56.1. The van der Waals surface area contributed by atoms with Crippen LogP contribution in [0, 0.1) is 23.2 Å². The number of amides is 4. The molecule has 1 aliphatic carbocycles. The number of rotatable bonds is 9. The minimum atomic E-state index is -1.11. The Balaban J connectivity index is 1.14. The second kappa shape index (κ2) is 23.1. The van der Waals surface area contributed by atoms with Crippen LogP contribution in [0.2, 0.25) is 0 Å². The molecule has 8 bridgehead atoms. The molecule has 4 amide bonds. The number of fused-ring (bicyclic) bond motifs is 8. The Morgan fingerprint density at radius 3 is 2.35 bits per heavy atom. The minimum absolute atomic E-state index is 0.0213. The number of aromatic nitrogens is 2. The third-order valence-electron chi connectivity index (χ3n) is 17.2. The van der Waals surface area contributed by atoms with Crippen molar-refractivity contribution in [1.82, 2.24) is 40.0 Å². The van der Waals surface area contributed by atoms with E-state index in [2.05, 4.69) is 76.2 Å². The van der Waals surface area contributed by atoms with Crippen LogP contribution in [-0.2, 0) is 52.8 Å². The van der Waals surface area contributed by atoms with Gasteiger partial charge in [-0.1, -0.05) is 53.7 Å². The van der Waals surface area contributed by atoms with Crippen LogP contribution in [0.3, 0.4) is 0 Å². The number of ether oxygens (including phenoxy) is 4. The van der Waals surface area contributed by atoms with Crippen LogP contribution in [0.4, 0.5) is 10.5 Å². The summed E-state index contributed by atoms with van der Waals surface area (Å²) in [6, 6.07) is 11.9. The molecule has 6 aliphatic rings. The fourth-order valence-electron chi connectivity index (χ4n) is 12.8. The van der Waals surface area contributed by atoms with Crippen LogP contribution >= 0.6 is 0 Å². The standard InChI is InChI=1S/C61H83N9O9/c1-11-68-51-17-14-40-29-46(51)48(55(68)47-30-43(32-62-53(47)38(6)76-10)67-23-21-66(22-24-67)42-15-16-42)31-61(7,8)35-79-59(74)49-13-12-19-70(64-49)58(73)50-27-39-25-41(40)28-44(26-39)77-34-52-45(18-20-69(52)60(75)78-33-36(2)3)57(72)65(9)54(37(4)5)56(71)63-50/h14,17,25-26,28-30,32,36-38,42,45,49-50,52,54,64H,11-13,15-16,18-24,27,31,33-35H2,1-10H3,(H,63,71)/t38-,45-,49-,50-,52+,54-/m0/s1. The number of aryl methyl sites for hydroxylation is 1. The van der Waals surface area contributed by atoms with E-state index in [4.69, 9.17) is 23.9 Å². The molecule has 1 saturated carbocycles. The molecule has 2 aromatic carbocycles. The number of likely N-dealkylation sites (N-methyl/N-ethyl adjacent to an activating group) is 1. The van der Waals surface area contributed by atoms with Crippen molar-refractivity contribution in [2.24, 2.45) is 23.2 Å². The van der Waals surface area contributed by atoms with Crippen molar-refractivity contribution in [3.63, 3.8) is 0 Å². The van der Waals surface area contributed by atoms with Crippen molar-refractivity contribution in [2.75, 3.05) is 78.1 Å². The SMILES string of the molecule is CCn1c(-c2cc(N3CCN(C4CC4)CC3)cnc2[C@H](C)OC)c2c3cc(ccc31)-c1cc3cc(c1)OC[C@@H]1[C@H](CCN1C(=O)OCC(C)C)C(=O)N(C)[C@@H](C(C)C)C(=O)N[C@@H](C3)C(=O)N1CCC[C@H](N1)C(=O)OCC(C)(C)C2. The minimum Gasteiger partial charge on any atom is -0.491 e. The number of esters is 1. The molecule has 4 aromatic rings. The molecule has 2 aromatic heterocycles. The van der Waals surface area contributed by atoms with E-state index in [-0.39, 0.29) is 56.6 Å². The Kier molecular flexibility index (Phi) is 16.4. The molecule has 426 valence electrons. The molecule has 0 radical (unpaired) electrons. The number of nitrogens with one attached hydrogen (secondary N) is 2. The molecule has 3 saturated heterocycles. The topological polar surface area (TPSA) is 180 Å². The molecule has 0 spiro atoms. The van der Waals surface area contributed by atoms with Gasteiger partial charge in [-0.2, -0.15) is 0 Å². The van der Waals surface area contributed by atoms with E-state index >= 15 is 4.79 Å². The van der Waals surface area contributed by atoms with E-state index in [1.54, 1.807) is 19.1 Å². The number of carbonyl (C=O) groups excluding carboxylic acids is 5. The first-order chi connectivity index (χ1) is 37.8. The smallest absolute Gasteiger partial charge is 0.410 e. The molecule has 18 nitrogen and oxygen atoms in total. The largest absolute Gasteiger partial charge is 0.491 e. The fraction of sp³-hybridized carbons (Fsp3) is 0.607. The van der Waals surface area contributed by atoms with Gasteiger partial charge in [0.1, 0.15) is 30.5 Å². The predicted molar refractivity (Wildman–Crippen MR) is 302 cm³/mol. The van der Waals surface area contributed by atoms with Gasteiger partial charge in [-0.15, -0.1) is 0 Å². The first-order valence-electron chi connectivity index (χ1n) is 29.0. The zero-order valence-corrected chi connectivity index (χ0v) is 48.1. The Morgan fingerprint density at radius 1 is 0.873 bits per heavy atom. The van der Waals surface area contributed by atoms with Gasteiger partial charge in [-0.3, -0.25) is 34.1 Å². The summed E-state index contributed by atoms with van der Waals surface area (Å²) in [5.41, 5.74) is 11.1. The number of benzene rings is 2. The lowest BCUT2D eigenvalue weighted by molar-refractivity contribution is -0.155. The highest BCUT2D eigenvalue weighted by Gasteiger charge is 2.46. The van der Waals surface area contributed by atoms with Gasteiger partial charge in [0.2, 0.25) is 11.8 Å². The second-order valence-electron chi connectivity index (χ2n) is 24.5. The normalized spacial score (nSPS) is 24.8. The Bertz CT molecular complexity index is 2940. The highest BCUT2D eigenvalue weighted by molar-refractivity contribution is 5.96. The Labute approximate surface area is 465 Å². The molecule has 18 heteroatoms. The molecule has 6 atom stereocenters. The second-order valence-corrected chi connectivity index (χ2v) is 24.5. The van der Waals surface area contributed by atoms with Crippen LogP contribution < -0.4 is 20.4 Å². The number of cyclic esters (lactones) is 1. The summed E-state index contributed by atoms with van der Waals surface area (Å²) in [4.78, 5) is 86.1. The average Bonchev–Trinajstić information content (AvgIpc) is 4.37. The molecular weight excluding hydrogens is 1000 g/mol. The summed E-state index contributed by atoms with van der Waals surface area (Å²) in [6.45, 7) is 21.6. The molecule has 7 heterocycles. The number of carbonyl (C=O) groups is 5. The van der Waals surface area contributed by atoms with E-state index in [1.807, 2.05) is 52.9 Å². The van der Waals surface area contributed by atoms with Gasteiger partial charge in [-0.05, 0) is 117 Å². The maximum Gasteiger partial charge on any atom is 0.410 e. The van der Waals surface area contributed by atoms with Gasteiger partial charge in [0.15, 0.2) is 0 Å². The molecule has 2 N–H and O–H groups in total.